The molecule has 0 spiro atoms. The van der Waals surface area contributed by atoms with Crippen LogP contribution in [-0.2, 0) is 0 Å². The monoisotopic (exact) mass is 237 g/mol. The SMILES string of the molecule is Cc1cc(C)c2c(c1)-c1ccccc1C2CCN. The first-order valence-corrected chi connectivity index (χ1v) is 6.63. The van der Waals surface area contributed by atoms with Gasteiger partial charge >= 0.3 is 0 Å². The maximum atomic E-state index is 5.80. The van der Waals surface area contributed by atoms with Crippen molar-refractivity contribution >= 4 is 0 Å². The van der Waals surface area contributed by atoms with Gasteiger partial charge in [0, 0.05) is 5.92 Å². The van der Waals surface area contributed by atoms with Crippen LogP contribution in [0.2, 0.25) is 0 Å². The van der Waals surface area contributed by atoms with Crippen molar-refractivity contribution in [3.8, 4) is 11.1 Å². The van der Waals surface area contributed by atoms with Gasteiger partial charge in [0.05, 0.1) is 0 Å². The lowest BCUT2D eigenvalue weighted by molar-refractivity contribution is 0.737. The Bertz CT molecular complexity index is 599. The minimum atomic E-state index is 0.488. The van der Waals surface area contributed by atoms with Crippen molar-refractivity contribution in [1.29, 1.82) is 0 Å². The quantitative estimate of drug-likeness (QED) is 0.845. The van der Waals surface area contributed by atoms with Crippen LogP contribution >= 0.6 is 0 Å². The summed E-state index contributed by atoms with van der Waals surface area (Å²) in [5.74, 6) is 0.488. The molecule has 0 amide bonds. The summed E-state index contributed by atoms with van der Waals surface area (Å²) >= 11 is 0. The average Bonchev–Trinajstić information content (AvgIpc) is 2.65. The van der Waals surface area contributed by atoms with E-state index in [2.05, 4.69) is 50.2 Å². The highest BCUT2D eigenvalue weighted by Crippen LogP contribution is 2.47. The molecule has 18 heavy (non-hydrogen) atoms. The summed E-state index contributed by atoms with van der Waals surface area (Å²) in [4.78, 5) is 0. The van der Waals surface area contributed by atoms with E-state index in [4.69, 9.17) is 5.73 Å². The maximum absolute atomic E-state index is 5.80. The molecule has 0 saturated heterocycles. The van der Waals surface area contributed by atoms with E-state index in [1.165, 1.54) is 33.4 Å². The molecule has 2 aromatic rings. The van der Waals surface area contributed by atoms with Crippen LogP contribution in [0.1, 0.15) is 34.6 Å². The molecule has 3 rings (SSSR count). The number of nitrogens with two attached hydrogens (primary N) is 1. The molecule has 1 atom stereocenters. The highest BCUT2D eigenvalue weighted by molar-refractivity contribution is 5.80. The molecule has 1 nitrogen and oxygen atoms in total. The van der Waals surface area contributed by atoms with Gasteiger partial charge in [0.15, 0.2) is 0 Å². The number of aryl methyl sites for hydroxylation is 2. The van der Waals surface area contributed by atoms with Crippen LogP contribution < -0.4 is 5.73 Å². The van der Waals surface area contributed by atoms with Gasteiger partial charge < -0.3 is 5.73 Å². The molecule has 92 valence electrons. The number of fused-ring (bicyclic) bond motifs is 3. The Morgan fingerprint density at radius 2 is 1.83 bits per heavy atom. The van der Waals surface area contributed by atoms with E-state index < -0.39 is 0 Å². The fraction of sp³-hybridized carbons (Fsp3) is 0.294. The Hall–Kier alpha value is -1.60. The summed E-state index contributed by atoms with van der Waals surface area (Å²) in [5, 5.41) is 0. The van der Waals surface area contributed by atoms with Crippen LogP contribution in [0.3, 0.4) is 0 Å². The summed E-state index contributed by atoms with van der Waals surface area (Å²) in [5.41, 5.74) is 14.3. The van der Waals surface area contributed by atoms with E-state index in [0.717, 1.165) is 13.0 Å². The number of hydrogen-bond acceptors (Lipinski definition) is 1. The minimum Gasteiger partial charge on any atom is -0.330 e. The fourth-order valence-electron chi connectivity index (χ4n) is 3.33. The third-order valence-electron chi connectivity index (χ3n) is 3.96. The first-order valence-electron chi connectivity index (χ1n) is 6.63. The molecule has 2 aromatic carbocycles. The largest absolute Gasteiger partial charge is 0.330 e. The molecule has 0 aromatic heterocycles. The molecule has 1 heteroatoms. The van der Waals surface area contributed by atoms with Crippen molar-refractivity contribution in [2.24, 2.45) is 5.73 Å². The Morgan fingerprint density at radius 3 is 2.61 bits per heavy atom. The van der Waals surface area contributed by atoms with Crippen LogP contribution in [0.4, 0.5) is 0 Å². The summed E-state index contributed by atoms with van der Waals surface area (Å²) < 4.78 is 0. The topological polar surface area (TPSA) is 26.0 Å². The molecule has 1 aliphatic carbocycles. The van der Waals surface area contributed by atoms with Crippen molar-refractivity contribution in [1.82, 2.24) is 0 Å². The first-order chi connectivity index (χ1) is 8.72. The number of hydrogen-bond donors (Lipinski definition) is 1. The van der Waals surface area contributed by atoms with E-state index in [-0.39, 0.29) is 0 Å². The van der Waals surface area contributed by atoms with Gasteiger partial charge in [-0.15, -0.1) is 0 Å². The minimum absolute atomic E-state index is 0.488. The Kier molecular flexibility index (Phi) is 2.71. The second-order valence-electron chi connectivity index (χ2n) is 5.26. The Labute approximate surface area is 109 Å². The molecule has 0 saturated carbocycles. The zero-order chi connectivity index (χ0) is 12.7. The van der Waals surface area contributed by atoms with Crippen molar-refractivity contribution in [2.45, 2.75) is 26.2 Å². The molecule has 1 aliphatic rings. The van der Waals surface area contributed by atoms with E-state index >= 15 is 0 Å². The average molecular weight is 237 g/mol. The van der Waals surface area contributed by atoms with Gasteiger partial charge in [-0.3, -0.25) is 0 Å². The smallest absolute Gasteiger partial charge is 0.0116 e. The predicted octanol–water partition coefficient (Wildman–Crippen LogP) is 3.76. The van der Waals surface area contributed by atoms with Gasteiger partial charge in [-0.2, -0.15) is 0 Å². The third-order valence-corrected chi connectivity index (χ3v) is 3.96. The first kappa shape index (κ1) is 11.5. The van der Waals surface area contributed by atoms with Crippen LogP contribution in [0.5, 0.6) is 0 Å². The van der Waals surface area contributed by atoms with E-state index in [0.29, 0.717) is 5.92 Å². The summed E-state index contributed by atoms with van der Waals surface area (Å²) in [6, 6.07) is 13.4. The van der Waals surface area contributed by atoms with Gasteiger partial charge in [0.25, 0.3) is 0 Å². The van der Waals surface area contributed by atoms with Crippen LogP contribution in [0, 0.1) is 13.8 Å². The van der Waals surface area contributed by atoms with Gasteiger partial charge in [-0.05, 0) is 54.6 Å². The fourth-order valence-corrected chi connectivity index (χ4v) is 3.33. The highest BCUT2D eigenvalue weighted by atomic mass is 14.5. The van der Waals surface area contributed by atoms with E-state index in [9.17, 15) is 0 Å². The summed E-state index contributed by atoms with van der Waals surface area (Å²) in [7, 11) is 0. The summed E-state index contributed by atoms with van der Waals surface area (Å²) in [6.07, 6.45) is 1.04. The second kappa shape index (κ2) is 4.25. The highest BCUT2D eigenvalue weighted by Gasteiger charge is 2.29. The van der Waals surface area contributed by atoms with Gasteiger partial charge in [-0.25, -0.2) is 0 Å². The van der Waals surface area contributed by atoms with Crippen molar-refractivity contribution in [2.75, 3.05) is 6.54 Å². The molecule has 0 radical (unpaired) electrons. The van der Waals surface area contributed by atoms with Crippen LogP contribution in [-0.4, -0.2) is 6.54 Å². The number of benzene rings is 2. The lowest BCUT2D eigenvalue weighted by atomic mass is 9.90. The third kappa shape index (κ3) is 1.58. The molecule has 0 bridgehead atoms. The zero-order valence-corrected chi connectivity index (χ0v) is 11.0. The lowest BCUT2D eigenvalue weighted by Crippen LogP contribution is -2.07. The Morgan fingerprint density at radius 1 is 1.06 bits per heavy atom. The normalized spacial score (nSPS) is 16.5. The molecule has 0 aliphatic heterocycles. The molecule has 0 heterocycles. The predicted molar refractivity (Wildman–Crippen MR) is 76.9 cm³/mol. The molecular formula is C17H19N. The van der Waals surface area contributed by atoms with Crippen LogP contribution in [0.25, 0.3) is 11.1 Å². The second-order valence-corrected chi connectivity index (χ2v) is 5.26. The van der Waals surface area contributed by atoms with Gasteiger partial charge in [-0.1, -0.05) is 42.0 Å². The standard InChI is InChI=1S/C17H19N/c1-11-9-12(2)17-15(7-8-18)13-5-3-4-6-14(13)16(17)10-11/h3-6,9-10,15H,7-8,18H2,1-2H3. The summed E-state index contributed by atoms with van der Waals surface area (Å²) in [6.45, 7) is 5.14. The van der Waals surface area contributed by atoms with E-state index in [1.807, 2.05) is 0 Å². The number of rotatable bonds is 2. The maximum Gasteiger partial charge on any atom is 0.0116 e. The lowest BCUT2D eigenvalue weighted by Gasteiger charge is -2.15. The van der Waals surface area contributed by atoms with E-state index in [1.54, 1.807) is 0 Å². The van der Waals surface area contributed by atoms with Gasteiger partial charge in [0.1, 0.15) is 0 Å². The van der Waals surface area contributed by atoms with Crippen molar-refractivity contribution in [3.05, 3.63) is 58.7 Å². The van der Waals surface area contributed by atoms with Crippen molar-refractivity contribution < 1.29 is 0 Å². The molecule has 1 unspecified atom stereocenters. The molecular weight excluding hydrogens is 218 g/mol. The van der Waals surface area contributed by atoms with Gasteiger partial charge in [0.2, 0.25) is 0 Å². The Balaban J connectivity index is 2.28. The zero-order valence-electron chi connectivity index (χ0n) is 11.0. The van der Waals surface area contributed by atoms with Crippen LogP contribution in [0.15, 0.2) is 36.4 Å². The molecule has 2 N–H and O–H groups in total. The van der Waals surface area contributed by atoms with Crippen molar-refractivity contribution in [3.63, 3.8) is 0 Å². The molecule has 0 fully saturated rings.